The van der Waals surface area contributed by atoms with Gasteiger partial charge in [0.25, 0.3) is 0 Å². The molecule has 154 valence electrons. The Balaban J connectivity index is 1.60. The molecule has 0 heterocycles. The number of nitrogens with zero attached hydrogens (tertiary/aromatic N) is 1. The molecule has 0 amide bonds. The monoisotopic (exact) mass is 406 g/mol. The summed E-state index contributed by atoms with van der Waals surface area (Å²) in [6.07, 6.45) is 0. The van der Waals surface area contributed by atoms with E-state index in [2.05, 4.69) is 19.0 Å². The standard InChI is InChI=1S/C24H23FN2O3/c1-16(2)18-8-12-22(13-9-18)29-15-17-4-3-5-20(14-17)24(28)30-27-23(26)19-6-10-21(25)11-7-19/h3-14,16H,15H2,1-2H3,(H2,26,27). The molecule has 30 heavy (non-hydrogen) atoms. The van der Waals surface area contributed by atoms with Crippen molar-refractivity contribution in [3.8, 4) is 5.75 Å². The van der Waals surface area contributed by atoms with Crippen LogP contribution >= 0.6 is 0 Å². The summed E-state index contributed by atoms with van der Waals surface area (Å²) in [6, 6.07) is 20.2. The van der Waals surface area contributed by atoms with Crippen LogP contribution in [0.3, 0.4) is 0 Å². The zero-order valence-corrected chi connectivity index (χ0v) is 16.8. The highest BCUT2D eigenvalue weighted by Gasteiger charge is 2.10. The Morgan fingerprint density at radius 1 is 1.00 bits per heavy atom. The van der Waals surface area contributed by atoms with Crippen molar-refractivity contribution in [2.24, 2.45) is 10.9 Å². The number of carbonyl (C=O) groups is 1. The van der Waals surface area contributed by atoms with Gasteiger partial charge in [-0.25, -0.2) is 9.18 Å². The Hall–Kier alpha value is -3.67. The lowest BCUT2D eigenvalue weighted by atomic mass is 10.0. The summed E-state index contributed by atoms with van der Waals surface area (Å²) in [7, 11) is 0. The minimum atomic E-state index is -0.650. The summed E-state index contributed by atoms with van der Waals surface area (Å²) >= 11 is 0. The maximum atomic E-state index is 13.0. The number of ether oxygens (including phenoxy) is 1. The van der Waals surface area contributed by atoms with E-state index in [1.54, 1.807) is 18.2 Å². The second-order valence-corrected chi connectivity index (χ2v) is 7.07. The molecule has 0 saturated heterocycles. The number of hydrogen-bond donors (Lipinski definition) is 1. The second-order valence-electron chi connectivity index (χ2n) is 7.07. The highest BCUT2D eigenvalue weighted by molar-refractivity contribution is 5.98. The first-order valence-corrected chi connectivity index (χ1v) is 9.55. The molecule has 0 bridgehead atoms. The van der Waals surface area contributed by atoms with Gasteiger partial charge in [-0.1, -0.05) is 43.3 Å². The molecular weight excluding hydrogens is 383 g/mol. The summed E-state index contributed by atoms with van der Waals surface area (Å²) in [5.41, 5.74) is 8.60. The number of hydrogen-bond acceptors (Lipinski definition) is 4. The van der Waals surface area contributed by atoms with Gasteiger partial charge in [0.2, 0.25) is 0 Å². The van der Waals surface area contributed by atoms with Gasteiger partial charge in [0, 0.05) is 5.56 Å². The van der Waals surface area contributed by atoms with Crippen LogP contribution < -0.4 is 10.5 Å². The number of nitrogens with two attached hydrogens (primary N) is 1. The number of carbonyl (C=O) groups excluding carboxylic acids is 1. The van der Waals surface area contributed by atoms with E-state index in [1.807, 2.05) is 30.3 Å². The van der Waals surface area contributed by atoms with Gasteiger partial charge < -0.3 is 15.3 Å². The topological polar surface area (TPSA) is 73.9 Å². The van der Waals surface area contributed by atoms with Crippen LogP contribution in [0.1, 0.15) is 46.8 Å². The van der Waals surface area contributed by atoms with Gasteiger partial charge in [-0.3, -0.25) is 0 Å². The van der Waals surface area contributed by atoms with E-state index in [0.717, 1.165) is 11.3 Å². The summed E-state index contributed by atoms with van der Waals surface area (Å²) < 4.78 is 18.8. The highest BCUT2D eigenvalue weighted by atomic mass is 19.1. The van der Waals surface area contributed by atoms with Crippen LogP contribution in [-0.2, 0) is 11.4 Å². The first-order chi connectivity index (χ1) is 14.4. The van der Waals surface area contributed by atoms with Gasteiger partial charge in [0.15, 0.2) is 5.84 Å². The molecule has 0 aliphatic heterocycles. The first-order valence-electron chi connectivity index (χ1n) is 9.55. The van der Waals surface area contributed by atoms with Gasteiger partial charge >= 0.3 is 5.97 Å². The van der Waals surface area contributed by atoms with E-state index in [1.165, 1.54) is 29.8 Å². The number of rotatable bonds is 7. The van der Waals surface area contributed by atoms with E-state index in [4.69, 9.17) is 15.3 Å². The Morgan fingerprint density at radius 3 is 2.37 bits per heavy atom. The zero-order chi connectivity index (χ0) is 21.5. The van der Waals surface area contributed by atoms with Crippen LogP contribution in [0.4, 0.5) is 4.39 Å². The van der Waals surface area contributed by atoms with E-state index < -0.39 is 11.8 Å². The average molecular weight is 406 g/mol. The van der Waals surface area contributed by atoms with Crippen molar-refractivity contribution in [3.05, 3.63) is 101 Å². The lowest BCUT2D eigenvalue weighted by Gasteiger charge is -2.09. The Bertz CT molecular complexity index is 1030. The second kappa shape index (κ2) is 9.69. The number of benzene rings is 3. The molecule has 0 spiro atoms. The number of amidine groups is 1. The fraction of sp³-hybridized carbons (Fsp3) is 0.167. The smallest absolute Gasteiger partial charge is 0.365 e. The normalized spacial score (nSPS) is 11.4. The molecule has 0 saturated carbocycles. The largest absolute Gasteiger partial charge is 0.489 e. The average Bonchev–Trinajstić information content (AvgIpc) is 2.76. The lowest BCUT2D eigenvalue weighted by molar-refractivity contribution is 0.0516. The van der Waals surface area contributed by atoms with Crippen LogP contribution in [0, 0.1) is 5.82 Å². The fourth-order valence-electron chi connectivity index (χ4n) is 2.72. The van der Waals surface area contributed by atoms with Gasteiger partial charge in [-0.2, -0.15) is 0 Å². The van der Waals surface area contributed by atoms with Gasteiger partial charge in [-0.05, 0) is 65.6 Å². The minimum Gasteiger partial charge on any atom is -0.489 e. The van der Waals surface area contributed by atoms with Gasteiger partial charge in [-0.15, -0.1) is 0 Å². The fourth-order valence-corrected chi connectivity index (χ4v) is 2.72. The highest BCUT2D eigenvalue weighted by Crippen LogP contribution is 2.19. The molecule has 0 atom stereocenters. The quantitative estimate of drug-likeness (QED) is 0.259. The molecule has 0 unspecified atom stereocenters. The van der Waals surface area contributed by atoms with Crippen LogP contribution in [0.2, 0.25) is 0 Å². The molecule has 0 fully saturated rings. The van der Waals surface area contributed by atoms with Crippen molar-refractivity contribution in [2.45, 2.75) is 26.4 Å². The molecular formula is C24H23FN2O3. The molecule has 0 aromatic heterocycles. The first kappa shape index (κ1) is 21.0. The summed E-state index contributed by atoms with van der Waals surface area (Å²) in [4.78, 5) is 17.2. The predicted molar refractivity (Wildman–Crippen MR) is 114 cm³/mol. The van der Waals surface area contributed by atoms with Crippen molar-refractivity contribution in [1.82, 2.24) is 0 Å². The van der Waals surface area contributed by atoms with Gasteiger partial charge in [0.05, 0.1) is 5.56 Å². The third-order valence-electron chi connectivity index (χ3n) is 4.48. The van der Waals surface area contributed by atoms with Crippen LogP contribution in [0.15, 0.2) is 78.0 Å². The third kappa shape index (κ3) is 5.67. The van der Waals surface area contributed by atoms with Crippen molar-refractivity contribution in [1.29, 1.82) is 0 Å². The predicted octanol–water partition coefficient (Wildman–Crippen LogP) is 5.01. The Kier molecular flexibility index (Phi) is 6.80. The van der Waals surface area contributed by atoms with Gasteiger partial charge in [0.1, 0.15) is 18.2 Å². The molecule has 0 aliphatic carbocycles. The van der Waals surface area contributed by atoms with Crippen LogP contribution in [-0.4, -0.2) is 11.8 Å². The molecule has 5 nitrogen and oxygen atoms in total. The number of oxime groups is 1. The van der Waals surface area contributed by atoms with Crippen molar-refractivity contribution in [3.63, 3.8) is 0 Å². The maximum Gasteiger partial charge on any atom is 0.365 e. The molecule has 2 N–H and O–H groups in total. The maximum absolute atomic E-state index is 13.0. The minimum absolute atomic E-state index is 0.0207. The van der Waals surface area contributed by atoms with Crippen molar-refractivity contribution in [2.75, 3.05) is 0 Å². The van der Waals surface area contributed by atoms with E-state index >= 15 is 0 Å². The lowest BCUT2D eigenvalue weighted by Crippen LogP contribution is -2.15. The summed E-state index contributed by atoms with van der Waals surface area (Å²) in [5.74, 6) is 0.153. The van der Waals surface area contributed by atoms with E-state index in [9.17, 15) is 9.18 Å². The summed E-state index contributed by atoms with van der Waals surface area (Å²) in [6.45, 7) is 4.58. The van der Waals surface area contributed by atoms with Crippen molar-refractivity contribution >= 4 is 11.8 Å². The molecule has 3 rings (SSSR count). The molecule has 0 radical (unpaired) electrons. The van der Waals surface area contributed by atoms with Crippen LogP contribution in [0.5, 0.6) is 5.75 Å². The third-order valence-corrected chi connectivity index (χ3v) is 4.48. The molecule has 3 aromatic carbocycles. The van der Waals surface area contributed by atoms with Crippen LogP contribution in [0.25, 0.3) is 0 Å². The van der Waals surface area contributed by atoms with Crippen molar-refractivity contribution < 1.29 is 18.8 Å². The summed E-state index contributed by atoms with van der Waals surface area (Å²) in [5, 5.41) is 3.64. The molecule has 0 aliphatic rings. The molecule has 3 aromatic rings. The Labute approximate surface area is 174 Å². The van der Waals surface area contributed by atoms with E-state index in [0.29, 0.717) is 23.7 Å². The zero-order valence-electron chi connectivity index (χ0n) is 16.8. The SMILES string of the molecule is CC(C)c1ccc(OCc2cccc(C(=O)O/N=C(\N)c3ccc(F)cc3)c2)cc1. The Morgan fingerprint density at radius 2 is 1.70 bits per heavy atom. The number of halogens is 1. The van der Waals surface area contributed by atoms with E-state index in [-0.39, 0.29) is 5.84 Å². The molecule has 6 heteroatoms.